The van der Waals surface area contributed by atoms with Gasteiger partial charge in [-0.3, -0.25) is 47.7 Å². The Balaban J connectivity index is 0.000000433. The summed E-state index contributed by atoms with van der Waals surface area (Å²) in [6.07, 6.45) is 3.13. The first kappa shape index (κ1) is 84.2. The second-order valence-electron chi connectivity index (χ2n) is 20.3. The molecule has 7 aromatic rings. The number of ether oxygens (including phenoxy) is 3. The van der Waals surface area contributed by atoms with Crippen LogP contribution < -0.4 is 141 Å². The number of halogens is 7. The van der Waals surface area contributed by atoms with Crippen LogP contribution in [0.1, 0.15) is 64.8 Å². The number of hydrogen-bond donors (Lipinski definition) is 7. The molecule has 10 rings (SSSR count). The normalized spacial score (nSPS) is 14.9. The zero-order valence-corrected chi connectivity index (χ0v) is 61.0. The first-order valence-corrected chi connectivity index (χ1v) is 30.1. The Bertz CT molecular complexity index is 3690. The monoisotopic (exact) mass is 1450 g/mol. The molecule has 3 aliphatic heterocycles. The molecule has 5 aromatic carbocycles. The molecule has 0 bridgehead atoms. The fourth-order valence-electron chi connectivity index (χ4n) is 8.99. The number of benzene rings is 5. The summed E-state index contributed by atoms with van der Waals surface area (Å²) < 4.78 is 59.1. The molecule has 0 spiro atoms. The average molecular weight is 1460 g/mol. The number of carbonyl (C=O) groups is 8. The van der Waals surface area contributed by atoms with Crippen molar-refractivity contribution in [3.05, 3.63) is 164 Å². The van der Waals surface area contributed by atoms with Crippen LogP contribution in [0, 0.1) is 17.5 Å². The molecular formula is C61H68Cl4F3K2N11O14. The van der Waals surface area contributed by atoms with E-state index in [1.54, 1.807) is 78.9 Å². The first-order valence-electron chi connectivity index (χ1n) is 28.4. The number of carbonyl (C=O) groups excluding carboxylic acids is 7. The quantitative estimate of drug-likeness (QED) is 0.0150. The SMILES string of the molecule is NC(=O)c1nn(CC(=O)N(CC(=O)NCc2cccc(Cl)c2F)[C@H]2CCOC2)c2ccccc12.NC(=O)c1nn(CC(=O)O)c2ccccc12.N[C@H]1CCOC1.O=C(CCl)CCc1cccc(Cl)c1F.O=C(CN[C@H]1CCOC1)NCc1cccc(Cl)c1F.O=CO[O-].[H-].[K+].[K+]. The van der Waals surface area contributed by atoms with E-state index in [2.05, 4.69) is 31.0 Å². The molecule has 0 aliphatic carbocycles. The number of aliphatic carboxylic acids is 1. The zero-order chi connectivity index (χ0) is 68.0. The topological polar surface area (TPSA) is 370 Å². The van der Waals surface area contributed by atoms with E-state index in [-0.39, 0.29) is 224 Å². The first-order chi connectivity index (χ1) is 44.6. The third-order valence-electron chi connectivity index (χ3n) is 13.7. The number of carboxylic acids is 1. The van der Waals surface area contributed by atoms with Gasteiger partial charge in [-0.1, -0.05) is 108 Å². The summed E-state index contributed by atoms with van der Waals surface area (Å²) in [7, 11) is 0. The number of para-hydroxylation sites is 2. The minimum absolute atomic E-state index is 0. The summed E-state index contributed by atoms with van der Waals surface area (Å²) in [6.45, 7) is 3.12. The van der Waals surface area contributed by atoms with E-state index in [1.807, 2.05) is 0 Å². The Labute approximate surface area is 650 Å². The van der Waals surface area contributed by atoms with Crippen LogP contribution in [0.2, 0.25) is 15.1 Å². The van der Waals surface area contributed by atoms with E-state index in [0.29, 0.717) is 71.6 Å². The third-order valence-corrected chi connectivity index (χ3v) is 14.9. The summed E-state index contributed by atoms with van der Waals surface area (Å²) in [6, 6.07) is 28.1. The molecule has 0 saturated carbocycles. The maximum absolute atomic E-state index is 14.1. The molecule has 2 aromatic heterocycles. The molecule has 5 amide bonds. The molecule has 0 radical (unpaired) electrons. The predicted molar refractivity (Wildman–Crippen MR) is 336 cm³/mol. The van der Waals surface area contributed by atoms with Crippen molar-refractivity contribution in [3.8, 4) is 0 Å². The van der Waals surface area contributed by atoms with Gasteiger partial charge in [0.2, 0.25) is 17.7 Å². The van der Waals surface area contributed by atoms with Gasteiger partial charge < -0.3 is 68.9 Å². The van der Waals surface area contributed by atoms with Crippen molar-refractivity contribution in [3.63, 3.8) is 0 Å². The molecule has 25 nitrogen and oxygen atoms in total. The van der Waals surface area contributed by atoms with Crippen LogP contribution in [0.4, 0.5) is 13.2 Å². The number of Topliss-reactive ketones (excluding diaryl/α,β-unsaturated/α-hetero) is 1. The van der Waals surface area contributed by atoms with Crippen LogP contribution in [0.15, 0.2) is 103 Å². The second-order valence-corrected chi connectivity index (χ2v) is 21.8. The number of nitrogens with one attached hydrogen (secondary N) is 3. The van der Waals surface area contributed by atoms with E-state index in [1.165, 1.54) is 38.5 Å². The van der Waals surface area contributed by atoms with Crippen LogP contribution >= 0.6 is 46.4 Å². The van der Waals surface area contributed by atoms with Crippen LogP contribution in [0.25, 0.3) is 21.8 Å². The Kier molecular flexibility index (Phi) is 39.7. The van der Waals surface area contributed by atoms with Gasteiger partial charge in [0, 0.05) is 73.3 Å². The fraction of sp³-hybridized carbons (Fsp3) is 0.344. The summed E-state index contributed by atoms with van der Waals surface area (Å²) in [4.78, 5) is 94.6. The van der Waals surface area contributed by atoms with Crippen LogP contribution in [0.3, 0.4) is 0 Å². The maximum Gasteiger partial charge on any atom is 1.00 e. The Hall–Kier alpha value is -5.02. The van der Waals surface area contributed by atoms with Gasteiger partial charge in [0.15, 0.2) is 11.4 Å². The van der Waals surface area contributed by atoms with Crippen molar-refractivity contribution in [2.24, 2.45) is 17.2 Å². The number of aromatic nitrogens is 4. The molecule has 3 fully saturated rings. The molecule has 3 atom stereocenters. The van der Waals surface area contributed by atoms with Gasteiger partial charge in [-0.2, -0.15) is 10.2 Å². The number of rotatable bonds is 21. The number of ketones is 1. The number of carboxylic acid groups (broad SMARTS) is 1. The Morgan fingerprint density at radius 2 is 1.14 bits per heavy atom. The van der Waals surface area contributed by atoms with Gasteiger partial charge in [0.05, 0.1) is 70.9 Å². The molecule has 3 aliphatic rings. The van der Waals surface area contributed by atoms with Crippen molar-refractivity contribution >= 4 is 116 Å². The van der Waals surface area contributed by atoms with Crippen LogP contribution in [0.5, 0.6) is 0 Å². The van der Waals surface area contributed by atoms with Crippen molar-refractivity contribution in [2.45, 2.75) is 76.4 Å². The van der Waals surface area contributed by atoms with Gasteiger partial charge >= 0.3 is 109 Å². The Morgan fingerprint density at radius 3 is 1.57 bits per heavy atom. The van der Waals surface area contributed by atoms with Gasteiger partial charge in [0.1, 0.15) is 36.3 Å². The molecule has 0 unspecified atom stereocenters. The summed E-state index contributed by atoms with van der Waals surface area (Å²) in [5, 5.41) is 34.8. The molecule has 95 heavy (non-hydrogen) atoms. The summed E-state index contributed by atoms with van der Waals surface area (Å²) in [5.74, 6) is -5.04. The van der Waals surface area contributed by atoms with Crippen molar-refractivity contribution in [1.82, 2.24) is 40.4 Å². The molecule has 5 heterocycles. The van der Waals surface area contributed by atoms with Gasteiger partial charge in [-0.15, -0.1) is 11.6 Å². The zero-order valence-electron chi connectivity index (χ0n) is 52.7. The Morgan fingerprint density at radius 1 is 0.674 bits per heavy atom. The van der Waals surface area contributed by atoms with Crippen molar-refractivity contribution in [2.75, 3.05) is 58.6 Å². The fourth-order valence-corrected chi connectivity index (χ4v) is 9.71. The number of fused-ring (bicyclic) bond motifs is 2. The molecular weight excluding hydrogens is 1390 g/mol. The number of nitrogens with zero attached hydrogens (tertiary/aromatic N) is 5. The molecule has 34 heteroatoms. The maximum atomic E-state index is 14.1. The minimum atomic E-state index is -1.02. The molecule has 502 valence electrons. The van der Waals surface area contributed by atoms with E-state index in [4.69, 9.17) is 93.0 Å². The number of hydrogen-bond acceptors (Lipinski definition) is 17. The largest absolute Gasteiger partial charge is 1.00 e. The van der Waals surface area contributed by atoms with E-state index >= 15 is 0 Å². The van der Waals surface area contributed by atoms with Gasteiger partial charge in [0.25, 0.3) is 18.3 Å². The van der Waals surface area contributed by atoms with Gasteiger partial charge in [-0.05, 0) is 61.6 Å². The van der Waals surface area contributed by atoms with Gasteiger partial charge in [-0.25, -0.2) is 13.2 Å². The van der Waals surface area contributed by atoms with E-state index in [9.17, 15) is 46.7 Å². The van der Waals surface area contributed by atoms with E-state index < -0.39 is 41.1 Å². The smallest absolute Gasteiger partial charge is 1.00 e. The molecule has 10 N–H and O–H groups in total. The van der Waals surface area contributed by atoms with Crippen molar-refractivity contribution in [1.29, 1.82) is 0 Å². The predicted octanol–water partition coefficient (Wildman–Crippen LogP) is -0.936. The number of primary amides is 2. The standard InChI is InChI=1S/C23H23ClFN5O4.C13H16ClFN2O2.C10H9Cl2FO.C10H9N3O3.C4H9NO.CH2O3.2K.H/c24-17-6-3-4-14(21(17)25)10-27-19(31)11-29(15-8-9-34-13-15)20(32)12-30-18-7-2-1-5-16(18)22(28-30)23(26)33;14-11-3-1-2-9(13(11)15)6-17-12(18)7-16-10-4-5-19-8-10;11-6-8(14)5-4-7-2-1-3-9(12)10(7)13;11-10(16)9-6-3-1-2-4-7(6)13(12-9)5-8(14)15;5-4-1-2-6-3-4;2-1-4-3;;;/h1-7,15H,8-13H2,(H2,26,33)(H,27,31);1-3,10,16H,4-8H2,(H,17,18);1-3H,4-6H2;1-4H,5H2,(H2,11,16)(H,14,15);4H,1-3,5H2;1,3H;;;/q;;;;;;2*+1;-1/p-1/t15-;10-;;;4-;;;;/m00..0..../s1. The molecule has 3 saturated heterocycles. The van der Waals surface area contributed by atoms with Crippen LogP contribution in [-0.4, -0.2) is 154 Å². The van der Waals surface area contributed by atoms with Crippen LogP contribution in [-0.2, 0) is 80.5 Å². The summed E-state index contributed by atoms with van der Waals surface area (Å²) in [5.41, 5.74) is 18.4. The number of amides is 5. The number of alkyl halides is 1. The number of aryl methyl sites for hydroxylation is 1. The average Bonchev–Trinajstić information content (AvgIpc) is 1.65. The third kappa shape index (κ3) is 28.0. The van der Waals surface area contributed by atoms with Crippen molar-refractivity contribution < 1.29 is 185 Å². The van der Waals surface area contributed by atoms with E-state index in [0.717, 1.165) is 32.7 Å². The minimum Gasteiger partial charge on any atom is -1.00 e. The number of nitrogens with two attached hydrogens (primary N) is 3. The second kappa shape index (κ2) is 44.8. The summed E-state index contributed by atoms with van der Waals surface area (Å²) >= 11 is 22.3.